The second-order valence-corrected chi connectivity index (χ2v) is 7.25. The van der Waals surface area contributed by atoms with E-state index in [2.05, 4.69) is 53.3 Å². The monoisotopic (exact) mass is 306 g/mol. The smallest absolute Gasteiger partial charge is 0.0319 e. The SMILES string of the molecule is C=CCCC(CC=C(CC)CCC)CCC(C)C(C)CCC. The van der Waals surface area contributed by atoms with Crippen LogP contribution in [0.1, 0.15) is 98.8 Å². The van der Waals surface area contributed by atoms with Crippen LogP contribution in [0.15, 0.2) is 24.3 Å². The molecule has 130 valence electrons. The van der Waals surface area contributed by atoms with Crippen molar-refractivity contribution in [3.8, 4) is 0 Å². The van der Waals surface area contributed by atoms with Gasteiger partial charge in [0.05, 0.1) is 0 Å². The average Bonchev–Trinajstić information content (AvgIpc) is 2.52. The molecule has 0 nitrogen and oxygen atoms in total. The Morgan fingerprint density at radius 3 is 2.14 bits per heavy atom. The molecule has 0 heterocycles. The molecule has 0 heteroatoms. The van der Waals surface area contributed by atoms with Crippen molar-refractivity contribution in [1.29, 1.82) is 0 Å². The van der Waals surface area contributed by atoms with Crippen LogP contribution < -0.4 is 0 Å². The van der Waals surface area contributed by atoms with Gasteiger partial charge >= 0.3 is 0 Å². The van der Waals surface area contributed by atoms with Gasteiger partial charge in [-0.3, -0.25) is 0 Å². The highest BCUT2D eigenvalue weighted by atomic mass is 14.2. The lowest BCUT2D eigenvalue weighted by molar-refractivity contribution is 0.304. The van der Waals surface area contributed by atoms with Crippen LogP contribution in [0, 0.1) is 17.8 Å². The fourth-order valence-electron chi connectivity index (χ4n) is 3.33. The normalized spacial score (nSPS) is 16.3. The molecule has 0 aliphatic heterocycles. The second kappa shape index (κ2) is 14.1. The Balaban J connectivity index is 4.41. The minimum Gasteiger partial charge on any atom is -0.103 e. The van der Waals surface area contributed by atoms with Gasteiger partial charge in [0.25, 0.3) is 0 Å². The van der Waals surface area contributed by atoms with E-state index in [1.54, 1.807) is 5.57 Å². The number of rotatable bonds is 14. The Bertz CT molecular complexity index is 286. The highest BCUT2D eigenvalue weighted by molar-refractivity contribution is 5.01. The molecule has 3 atom stereocenters. The van der Waals surface area contributed by atoms with Crippen molar-refractivity contribution in [1.82, 2.24) is 0 Å². The summed E-state index contributed by atoms with van der Waals surface area (Å²) in [4.78, 5) is 0. The van der Waals surface area contributed by atoms with Gasteiger partial charge in [0.1, 0.15) is 0 Å². The first-order valence-electron chi connectivity index (χ1n) is 9.87. The van der Waals surface area contributed by atoms with Gasteiger partial charge in [0.15, 0.2) is 0 Å². The first-order chi connectivity index (χ1) is 10.6. The Hall–Kier alpha value is -0.520. The first-order valence-corrected chi connectivity index (χ1v) is 9.87. The zero-order valence-electron chi connectivity index (χ0n) is 16.2. The van der Waals surface area contributed by atoms with Crippen LogP contribution >= 0.6 is 0 Å². The third kappa shape index (κ3) is 10.2. The van der Waals surface area contributed by atoms with Gasteiger partial charge in [-0.25, -0.2) is 0 Å². The Morgan fingerprint density at radius 1 is 0.909 bits per heavy atom. The van der Waals surface area contributed by atoms with E-state index < -0.39 is 0 Å². The van der Waals surface area contributed by atoms with Gasteiger partial charge in [-0.1, -0.05) is 78.0 Å². The van der Waals surface area contributed by atoms with E-state index in [9.17, 15) is 0 Å². The van der Waals surface area contributed by atoms with E-state index in [0.717, 1.165) is 17.8 Å². The third-order valence-corrected chi connectivity index (χ3v) is 5.29. The van der Waals surface area contributed by atoms with Crippen LogP contribution in [-0.2, 0) is 0 Å². The lowest BCUT2D eigenvalue weighted by Gasteiger charge is -2.22. The molecule has 0 bridgehead atoms. The molecule has 22 heavy (non-hydrogen) atoms. The largest absolute Gasteiger partial charge is 0.103 e. The van der Waals surface area contributed by atoms with Crippen LogP contribution in [0.2, 0.25) is 0 Å². The summed E-state index contributed by atoms with van der Waals surface area (Å²) in [5.41, 5.74) is 1.67. The summed E-state index contributed by atoms with van der Waals surface area (Å²) in [5.74, 6) is 2.61. The quantitative estimate of drug-likeness (QED) is 0.286. The molecule has 0 radical (unpaired) electrons. The van der Waals surface area contributed by atoms with Crippen LogP contribution in [-0.4, -0.2) is 0 Å². The van der Waals surface area contributed by atoms with E-state index in [0.29, 0.717) is 0 Å². The first kappa shape index (κ1) is 21.5. The van der Waals surface area contributed by atoms with Crippen LogP contribution in [0.3, 0.4) is 0 Å². The predicted octanol–water partition coefficient (Wildman–Crippen LogP) is 7.95. The molecule has 0 aromatic carbocycles. The molecule has 3 unspecified atom stereocenters. The van der Waals surface area contributed by atoms with E-state index in [1.807, 2.05) is 0 Å². The van der Waals surface area contributed by atoms with E-state index in [4.69, 9.17) is 0 Å². The Kier molecular flexibility index (Phi) is 13.8. The summed E-state index contributed by atoms with van der Waals surface area (Å²) in [6.07, 6.45) is 17.7. The molecule has 0 saturated heterocycles. The maximum absolute atomic E-state index is 3.91. The van der Waals surface area contributed by atoms with Gasteiger partial charge < -0.3 is 0 Å². The van der Waals surface area contributed by atoms with Crippen LogP contribution in [0.4, 0.5) is 0 Å². The summed E-state index contributed by atoms with van der Waals surface area (Å²) in [6.45, 7) is 15.7. The standard InChI is InChI=1S/C22H42/c1-7-11-14-22(18-17-21(10-4)13-9-3)16-15-20(6)19(5)12-8-2/h7,17,19-20,22H,1,8-16,18H2,2-6H3. The summed E-state index contributed by atoms with van der Waals surface area (Å²) >= 11 is 0. The zero-order chi connectivity index (χ0) is 16.8. The molecular formula is C22H42. The number of allylic oxidation sites excluding steroid dienone is 3. The number of hydrogen-bond donors (Lipinski definition) is 0. The fraction of sp³-hybridized carbons (Fsp3) is 0.818. The molecule has 0 aromatic rings. The van der Waals surface area contributed by atoms with Crippen molar-refractivity contribution < 1.29 is 0 Å². The highest BCUT2D eigenvalue weighted by Gasteiger charge is 2.14. The molecule has 0 rings (SSSR count). The van der Waals surface area contributed by atoms with Gasteiger partial charge in [0, 0.05) is 0 Å². The predicted molar refractivity (Wildman–Crippen MR) is 103 cm³/mol. The maximum atomic E-state index is 3.91. The summed E-state index contributed by atoms with van der Waals surface area (Å²) in [6, 6.07) is 0. The van der Waals surface area contributed by atoms with E-state index in [-0.39, 0.29) is 0 Å². The molecular weight excluding hydrogens is 264 g/mol. The zero-order valence-corrected chi connectivity index (χ0v) is 16.2. The average molecular weight is 307 g/mol. The molecule has 0 amide bonds. The summed E-state index contributed by atoms with van der Waals surface area (Å²) < 4.78 is 0. The molecule has 0 spiro atoms. The van der Waals surface area contributed by atoms with Crippen LogP contribution in [0.5, 0.6) is 0 Å². The molecule has 0 N–H and O–H groups in total. The summed E-state index contributed by atoms with van der Waals surface area (Å²) in [5, 5.41) is 0. The third-order valence-electron chi connectivity index (χ3n) is 5.29. The molecule has 0 saturated carbocycles. The molecule has 0 aliphatic rings. The van der Waals surface area contributed by atoms with Crippen molar-refractivity contribution in [2.45, 2.75) is 98.8 Å². The van der Waals surface area contributed by atoms with Crippen molar-refractivity contribution in [3.63, 3.8) is 0 Å². The van der Waals surface area contributed by atoms with Gasteiger partial charge in [-0.2, -0.15) is 0 Å². The van der Waals surface area contributed by atoms with Crippen molar-refractivity contribution in [3.05, 3.63) is 24.3 Å². The second-order valence-electron chi connectivity index (χ2n) is 7.25. The van der Waals surface area contributed by atoms with Crippen LogP contribution in [0.25, 0.3) is 0 Å². The molecule has 0 aliphatic carbocycles. The van der Waals surface area contributed by atoms with Gasteiger partial charge in [-0.05, 0) is 56.3 Å². The van der Waals surface area contributed by atoms with Crippen molar-refractivity contribution in [2.24, 2.45) is 17.8 Å². The molecule has 0 aromatic heterocycles. The van der Waals surface area contributed by atoms with Crippen molar-refractivity contribution >= 4 is 0 Å². The molecule has 0 fully saturated rings. The lowest BCUT2D eigenvalue weighted by atomic mass is 9.83. The van der Waals surface area contributed by atoms with Gasteiger partial charge in [0.2, 0.25) is 0 Å². The highest BCUT2D eigenvalue weighted by Crippen LogP contribution is 2.27. The Labute approximate surface area is 141 Å². The summed E-state index contributed by atoms with van der Waals surface area (Å²) in [7, 11) is 0. The minimum atomic E-state index is 0.854. The maximum Gasteiger partial charge on any atom is -0.0319 e. The lowest BCUT2D eigenvalue weighted by Crippen LogP contribution is -2.10. The Morgan fingerprint density at radius 2 is 1.59 bits per heavy atom. The van der Waals surface area contributed by atoms with E-state index >= 15 is 0 Å². The van der Waals surface area contributed by atoms with Crippen molar-refractivity contribution in [2.75, 3.05) is 0 Å². The number of hydrogen-bond acceptors (Lipinski definition) is 0. The minimum absolute atomic E-state index is 0.854. The van der Waals surface area contributed by atoms with E-state index in [1.165, 1.54) is 64.2 Å². The fourth-order valence-corrected chi connectivity index (χ4v) is 3.33. The topological polar surface area (TPSA) is 0 Å². The van der Waals surface area contributed by atoms with Gasteiger partial charge in [-0.15, -0.1) is 6.58 Å².